The van der Waals surface area contributed by atoms with Crippen LogP contribution in [0.15, 0.2) is 30.3 Å². The van der Waals surface area contributed by atoms with Gasteiger partial charge in [0.2, 0.25) is 0 Å². The molecule has 0 aliphatic heterocycles. The molecule has 0 saturated heterocycles. The Labute approximate surface area is 215 Å². The Morgan fingerprint density at radius 1 is 1.19 bits per heavy atom. The van der Waals surface area contributed by atoms with E-state index in [4.69, 9.17) is 36.6 Å². The van der Waals surface area contributed by atoms with Gasteiger partial charge in [-0.2, -0.15) is 5.26 Å². The number of nitrogens with two attached hydrogens (primary N) is 1. The van der Waals surface area contributed by atoms with Gasteiger partial charge in [-0.3, -0.25) is 4.52 Å². The Hall–Kier alpha value is -2.62. The van der Waals surface area contributed by atoms with Crippen LogP contribution in [0.5, 0.6) is 11.5 Å². The lowest BCUT2D eigenvalue weighted by Gasteiger charge is -2.21. The lowest BCUT2D eigenvalue weighted by atomic mass is 10.1. The summed E-state index contributed by atoms with van der Waals surface area (Å²) < 4.78 is 41.2. The number of benzene rings is 2. The lowest BCUT2D eigenvalue weighted by Crippen LogP contribution is -2.39. The minimum absolute atomic E-state index is 0.0905. The molecule has 1 aromatic heterocycles. The van der Waals surface area contributed by atoms with Gasteiger partial charge in [0.1, 0.15) is 28.4 Å². The number of phosphoric ester groups is 1. The van der Waals surface area contributed by atoms with E-state index in [-0.39, 0.29) is 29.0 Å². The van der Waals surface area contributed by atoms with Crippen LogP contribution in [-0.4, -0.2) is 44.8 Å². The summed E-state index contributed by atoms with van der Waals surface area (Å²) in [6, 6.07) is 8.62. The Morgan fingerprint density at radius 2 is 1.89 bits per heavy atom. The van der Waals surface area contributed by atoms with E-state index in [0.717, 1.165) is 17.4 Å². The molecule has 0 amide bonds. The van der Waals surface area contributed by atoms with Crippen LogP contribution in [0.4, 0.5) is 4.39 Å². The summed E-state index contributed by atoms with van der Waals surface area (Å²) >= 11 is 7.51. The second-order valence-corrected chi connectivity index (χ2v) is 10.5. The topological polar surface area (TPSA) is 161 Å². The first-order valence-electron chi connectivity index (χ1n) is 10.5. The van der Waals surface area contributed by atoms with E-state index in [1.165, 1.54) is 13.0 Å². The third-order valence-corrected chi connectivity index (χ3v) is 6.65. The van der Waals surface area contributed by atoms with Gasteiger partial charge in [0, 0.05) is 17.2 Å². The second kappa shape index (κ2) is 11.6. The third kappa shape index (κ3) is 7.21. The van der Waals surface area contributed by atoms with Gasteiger partial charge < -0.3 is 25.0 Å². The van der Waals surface area contributed by atoms with Crippen LogP contribution in [0.3, 0.4) is 0 Å². The zero-order chi connectivity index (χ0) is 26.6. The highest BCUT2D eigenvalue weighted by atomic mass is 35.5. The molecule has 4 N–H and O–H groups in total. The summed E-state index contributed by atoms with van der Waals surface area (Å²) in [5.41, 5.74) is 7.08. The largest absolute Gasteiger partial charge is 0.490 e. The highest BCUT2D eigenvalue weighted by Crippen LogP contribution is 2.39. The molecule has 2 aromatic carbocycles. The van der Waals surface area contributed by atoms with Crippen LogP contribution < -0.4 is 15.2 Å². The summed E-state index contributed by atoms with van der Waals surface area (Å²) in [4.78, 5) is 17.7. The SMILES string of the molecule is CC(C)Oc1ccc(-c2nnc(-c3cc(F)c(OC[C@@H](N)[C@H](C)OP(=O)(O)O)cc3Cl)s2)cc1C#N. The molecule has 0 bridgehead atoms. The summed E-state index contributed by atoms with van der Waals surface area (Å²) in [6.45, 7) is 4.80. The van der Waals surface area contributed by atoms with Gasteiger partial charge in [-0.1, -0.05) is 22.9 Å². The molecule has 0 aliphatic rings. The number of halogens is 2. The fourth-order valence-corrected chi connectivity index (χ4v) is 4.73. The predicted octanol–water partition coefficient (Wildman–Crippen LogP) is 4.53. The second-order valence-electron chi connectivity index (χ2n) is 7.94. The third-order valence-electron chi connectivity index (χ3n) is 4.72. The molecule has 1 heterocycles. The summed E-state index contributed by atoms with van der Waals surface area (Å²) in [5, 5.41) is 18.7. The van der Waals surface area contributed by atoms with E-state index in [0.29, 0.717) is 26.9 Å². The zero-order valence-electron chi connectivity index (χ0n) is 19.4. The Balaban J connectivity index is 1.78. The van der Waals surface area contributed by atoms with Crippen molar-refractivity contribution in [2.75, 3.05) is 6.61 Å². The number of hydrogen-bond acceptors (Lipinski definition) is 9. The predicted molar refractivity (Wildman–Crippen MR) is 132 cm³/mol. The monoisotopic (exact) mass is 556 g/mol. The standard InChI is InChI=1S/C22H23ClFN4O6PS/c1-11(2)33-19-5-4-13(6-14(19)9-25)21-27-28-22(36-21)15-7-17(24)20(8-16(15)23)32-10-18(26)12(3)34-35(29,30)31/h4-8,11-12,18H,10,26H2,1-3H3,(H2,29,30,31)/t12-,18+/m0/s1. The molecule has 0 saturated carbocycles. The Bertz CT molecular complexity index is 1330. The molecule has 0 aliphatic carbocycles. The number of hydrogen-bond donors (Lipinski definition) is 3. The molecule has 3 rings (SSSR count). The van der Waals surface area contributed by atoms with E-state index in [1.807, 2.05) is 13.8 Å². The molecule has 36 heavy (non-hydrogen) atoms. The molecule has 0 radical (unpaired) electrons. The number of rotatable bonds is 10. The van der Waals surface area contributed by atoms with Gasteiger partial charge in [-0.25, -0.2) is 8.96 Å². The van der Waals surface area contributed by atoms with Crippen LogP contribution in [0.2, 0.25) is 5.02 Å². The minimum Gasteiger partial charge on any atom is -0.490 e. The molecule has 10 nitrogen and oxygen atoms in total. The maximum Gasteiger partial charge on any atom is 0.469 e. The quantitative estimate of drug-likeness (QED) is 0.303. The first-order valence-corrected chi connectivity index (χ1v) is 13.3. The van der Waals surface area contributed by atoms with Crippen molar-refractivity contribution in [3.63, 3.8) is 0 Å². The molecule has 0 fully saturated rings. The summed E-state index contributed by atoms with van der Waals surface area (Å²) in [5.74, 6) is -0.486. The molecule has 0 unspecified atom stereocenters. The number of nitriles is 1. The Kier molecular flexibility index (Phi) is 9.03. The average Bonchev–Trinajstić information content (AvgIpc) is 3.27. The average molecular weight is 557 g/mol. The molecule has 14 heteroatoms. The first-order chi connectivity index (χ1) is 16.9. The van der Waals surface area contributed by atoms with Gasteiger partial charge >= 0.3 is 7.82 Å². The number of nitrogens with zero attached hydrogens (tertiary/aromatic N) is 3. The maximum absolute atomic E-state index is 14.7. The molecule has 2 atom stereocenters. The molecule has 0 spiro atoms. The van der Waals surface area contributed by atoms with Crippen molar-refractivity contribution in [1.29, 1.82) is 5.26 Å². The summed E-state index contributed by atoms with van der Waals surface area (Å²) in [6.07, 6.45) is -1.14. The van der Waals surface area contributed by atoms with Crippen LogP contribution in [0.25, 0.3) is 21.1 Å². The van der Waals surface area contributed by atoms with E-state index in [9.17, 15) is 14.2 Å². The van der Waals surface area contributed by atoms with E-state index < -0.39 is 25.8 Å². The van der Waals surface area contributed by atoms with Crippen LogP contribution in [-0.2, 0) is 9.09 Å². The zero-order valence-corrected chi connectivity index (χ0v) is 21.9. The highest BCUT2D eigenvalue weighted by molar-refractivity contribution is 7.46. The fraction of sp³-hybridized carbons (Fsp3) is 0.318. The molecular formula is C22H23ClFN4O6PS. The lowest BCUT2D eigenvalue weighted by molar-refractivity contribution is 0.106. The smallest absolute Gasteiger partial charge is 0.469 e. The molecular weight excluding hydrogens is 534 g/mol. The van der Waals surface area contributed by atoms with Gasteiger partial charge in [-0.15, -0.1) is 10.2 Å². The minimum atomic E-state index is -4.73. The van der Waals surface area contributed by atoms with E-state index in [1.54, 1.807) is 18.2 Å². The van der Waals surface area contributed by atoms with Gasteiger partial charge in [-0.05, 0) is 45.0 Å². The van der Waals surface area contributed by atoms with Gasteiger partial charge in [0.25, 0.3) is 0 Å². The Morgan fingerprint density at radius 3 is 2.53 bits per heavy atom. The highest BCUT2D eigenvalue weighted by Gasteiger charge is 2.25. The van der Waals surface area contributed by atoms with E-state index in [2.05, 4.69) is 20.8 Å². The van der Waals surface area contributed by atoms with Crippen LogP contribution in [0.1, 0.15) is 26.3 Å². The van der Waals surface area contributed by atoms with Crippen molar-refractivity contribution in [2.24, 2.45) is 5.73 Å². The molecule has 3 aromatic rings. The number of aromatic nitrogens is 2. The summed E-state index contributed by atoms with van der Waals surface area (Å²) in [7, 11) is -4.73. The van der Waals surface area contributed by atoms with Crippen molar-refractivity contribution in [1.82, 2.24) is 10.2 Å². The van der Waals surface area contributed by atoms with Gasteiger partial charge in [0.05, 0.1) is 28.8 Å². The number of phosphoric acid groups is 1. The fourth-order valence-electron chi connectivity index (χ4n) is 2.98. The van der Waals surface area contributed by atoms with E-state index >= 15 is 0 Å². The van der Waals surface area contributed by atoms with Crippen molar-refractivity contribution in [3.05, 3.63) is 46.7 Å². The van der Waals surface area contributed by atoms with Crippen LogP contribution >= 0.6 is 30.8 Å². The normalized spacial score (nSPS) is 13.3. The van der Waals surface area contributed by atoms with Crippen LogP contribution in [0, 0.1) is 17.1 Å². The molecule has 192 valence electrons. The first kappa shape index (κ1) is 28.0. The van der Waals surface area contributed by atoms with Crippen molar-refractivity contribution in [2.45, 2.75) is 39.0 Å². The van der Waals surface area contributed by atoms with Crippen molar-refractivity contribution < 1.29 is 32.7 Å². The maximum atomic E-state index is 14.7. The number of ether oxygens (including phenoxy) is 2. The van der Waals surface area contributed by atoms with Gasteiger partial charge in [0.15, 0.2) is 11.6 Å². The van der Waals surface area contributed by atoms with Crippen molar-refractivity contribution >= 4 is 30.8 Å². The van der Waals surface area contributed by atoms with Crippen molar-refractivity contribution in [3.8, 4) is 38.7 Å².